The molecule has 0 bridgehead atoms. The fraction of sp³-hybridized carbons (Fsp3) is 0.360. The van der Waals surface area contributed by atoms with E-state index in [-0.39, 0.29) is 5.92 Å². The molecule has 4 rings (SSSR count). The maximum Gasteiger partial charge on any atom is 0.312 e. The Kier molecular flexibility index (Phi) is 5.24. The molecule has 2 aromatic rings. The number of rotatable bonds is 4. The maximum atomic E-state index is 12.9. The first-order valence-corrected chi connectivity index (χ1v) is 10.2. The zero-order valence-corrected chi connectivity index (χ0v) is 17.5. The molecule has 0 radical (unpaired) electrons. The van der Waals surface area contributed by atoms with Crippen molar-refractivity contribution < 1.29 is 19.4 Å². The van der Waals surface area contributed by atoms with Crippen LogP contribution >= 0.6 is 0 Å². The van der Waals surface area contributed by atoms with Gasteiger partial charge in [0.1, 0.15) is 12.2 Å². The second kappa shape index (κ2) is 7.73. The fourth-order valence-corrected chi connectivity index (χ4v) is 4.36. The van der Waals surface area contributed by atoms with Crippen molar-refractivity contribution in [2.75, 3.05) is 13.7 Å². The summed E-state index contributed by atoms with van der Waals surface area (Å²) in [5.74, 6) is -0.943. The molecule has 2 aromatic carbocycles. The highest BCUT2D eigenvalue weighted by Crippen LogP contribution is 2.49. The average molecular weight is 405 g/mol. The van der Waals surface area contributed by atoms with Crippen LogP contribution in [0.2, 0.25) is 0 Å². The van der Waals surface area contributed by atoms with Crippen molar-refractivity contribution in [1.29, 1.82) is 0 Å². The molecule has 0 saturated carbocycles. The monoisotopic (exact) mass is 405 g/mol. The third-order valence-corrected chi connectivity index (χ3v) is 5.90. The fourth-order valence-electron chi connectivity index (χ4n) is 4.36. The molecule has 0 fully saturated rings. The van der Waals surface area contributed by atoms with Crippen molar-refractivity contribution in [3.63, 3.8) is 0 Å². The van der Waals surface area contributed by atoms with E-state index in [1.54, 1.807) is 0 Å². The van der Waals surface area contributed by atoms with Crippen LogP contribution in [0.25, 0.3) is 0 Å². The van der Waals surface area contributed by atoms with Crippen LogP contribution in [0.1, 0.15) is 37.3 Å². The lowest BCUT2D eigenvalue weighted by molar-refractivity contribution is -0.155. The van der Waals surface area contributed by atoms with Crippen LogP contribution in [0, 0.1) is 5.92 Å². The summed E-state index contributed by atoms with van der Waals surface area (Å²) in [7, 11) is 1.36. The van der Waals surface area contributed by atoms with Gasteiger partial charge in [0.25, 0.3) is 0 Å². The van der Waals surface area contributed by atoms with E-state index in [2.05, 4.69) is 0 Å². The predicted octanol–water partition coefficient (Wildman–Crippen LogP) is 3.98. The number of ether oxygens (including phenoxy) is 2. The Morgan fingerprint density at radius 3 is 2.30 bits per heavy atom. The maximum absolute atomic E-state index is 12.9. The van der Waals surface area contributed by atoms with Crippen LogP contribution in [0.4, 0.5) is 0 Å². The first-order valence-electron chi connectivity index (χ1n) is 10.2. The third kappa shape index (κ3) is 3.54. The Labute approximate surface area is 177 Å². The molecular formula is C25H27NO4. The Bertz CT molecular complexity index is 981. The average Bonchev–Trinajstić information content (AvgIpc) is 3.13. The number of allylic oxidation sites excluding steroid dienone is 1. The quantitative estimate of drug-likeness (QED) is 0.781. The van der Waals surface area contributed by atoms with Gasteiger partial charge in [-0.15, -0.1) is 0 Å². The topological polar surface area (TPSA) is 68.1 Å². The van der Waals surface area contributed by atoms with Gasteiger partial charge in [-0.3, -0.25) is 4.79 Å². The summed E-state index contributed by atoms with van der Waals surface area (Å²) < 4.78 is 11.1. The number of hydrogen-bond acceptors (Lipinski definition) is 5. The molecule has 5 nitrogen and oxygen atoms in total. The standard InChI is InChI=1S/C25H27NO4/c1-24(2)16-30-22(26-24)20-14-18(17-10-6-4-7-11-17)15-21(23(27)29-3)25(20,28)19-12-8-5-9-13-19/h4-14,18,21,28H,15-16H2,1-3H3. The molecule has 5 heteroatoms. The number of nitrogens with zero attached hydrogens (tertiary/aromatic N) is 1. The summed E-state index contributed by atoms with van der Waals surface area (Å²) >= 11 is 0. The Morgan fingerprint density at radius 2 is 1.73 bits per heavy atom. The second-order valence-corrected chi connectivity index (χ2v) is 8.56. The summed E-state index contributed by atoms with van der Waals surface area (Å²) in [4.78, 5) is 17.7. The van der Waals surface area contributed by atoms with Crippen molar-refractivity contribution >= 4 is 11.9 Å². The zero-order chi connectivity index (χ0) is 21.4. The van der Waals surface area contributed by atoms with E-state index < -0.39 is 23.0 Å². The van der Waals surface area contributed by atoms with Gasteiger partial charge < -0.3 is 14.6 Å². The molecule has 30 heavy (non-hydrogen) atoms. The van der Waals surface area contributed by atoms with Crippen molar-refractivity contribution in [3.8, 4) is 0 Å². The summed E-state index contributed by atoms with van der Waals surface area (Å²) in [6.07, 6.45) is 2.42. The summed E-state index contributed by atoms with van der Waals surface area (Å²) in [5, 5.41) is 12.1. The van der Waals surface area contributed by atoms with E-state index in [1.165, 1.54) is 7.11 Å². The molecule has 1 N–H and O–H groups in total. The van der Waals surface area contributed by atoms with E-state index in [0.717, 1.165) is 5.56 Å². The number of carbonyl (C=O) groups is 1. The number of carbonyl (C=O) groups excluding carboxylic acids is 1. The normalized spacial score (nSPS) is 27.6. The van der Waals surface area contributed by atoms with Gasteiger partial charge in [-0.25, -0.2) is 4.99 Å². The van der Waals surface area contributed by atoms with E-state index in [0.29, 0.717) is 30.1 Å². The van der Waals surface area contributed by atoms with E-state index >= 15 is 0 Å². The van der Waals surface area contributed by atoms with Crippen LogP contribution in [0.15, 0.2) is 77.3 Å². The first kappa shape index (κ1) is 20.4. The Balaban J connectivity index is 1.93. The molecule has 1 aliphatic heterocycles. The Hall–Kier alpha value is -2.92. The number of methoxy groups -OCH3 is 1. The third-order valence-electron chi connectivity index (χ3n) is 5.90. The SMILES string of the molecule is COC(=O)C1CC(c2ccccc2)C=C(C2=NC(C)(C)CO2)C1(O)c1ccccc1. The lowest BCUT2D eigenvalue weighted by Gasteiger charge is -2.42. The van der Waals surface area contributed by atoms with Crippen LogP contribution in [0.5, 0.6) is 0 Å². The van der Waals surface area contributed by atoms with E-state index in [1.807, 2.05) is 80.6 Å². The highest BCUT2D eigenvalue weighted by molar-refractivity contribution is 5.99. The molecule has 0 saturated heterocycles. The molecular weight excluding hydrogens is 378 g/mol. The van der Waals surface area contributed by atoms with Gasteiger partial charge in [0.05, 0.1) is 18.6 Å². The highest BCUT2D eigenvalue weighted by atomic mass is 16.5. The minimum absolute atomic E-state index is 0.0794. The highest BCUT2D eigenvalue weighted by Gasteiger charge is 2.53. The Morgan fingerprint density at radius 1 is 1.10 bits per heavy atom. The van der Waals surface area contributed by atoms with Crippen LogP contribution in [-0.2, 0) is 19.9 Å². The van der Waals surface area contributed by atoms with E-state index in [4.69, 9.17) is 14.5 Å². The summed E-state index contributed by atoms with van der Waals surface area (Å²) in [5.41, 5.74) is 0.216. The number of benzene rings is 2. The minimum atomic E-state index is -1.60. The lowest BCUT2D eigenvalue weighted by atomic mass is 9.66. The molecule has 3 unspecified atom stereocenters. The minimum Gasteiger partial charge on any atom is -0.475 e. The molecule has 0 amide bonds. The van der Waals surface area contributed by atoms with Gasteiger partial charge in [-0.2, -0.15) is 0 Å². The van der Waals surface area contributed by atoms with Crippen molar-refractivity contribution in [3.05, 3.63) is 83.4 Å². The molecule has 0 aromatic heterocycles. The summed E-state index contributed by atoms with van der Waals surface area (Å²) in [6.45, 7) is 4.39. The van der Waals surface area contributed by atoms with Gasteiger partial charge in [0.2, 0.25) is 5.90 Å². The van der Waals surface area contributed by atoms with Crippen LogP contribution < -0.4 is 0 Å². The van der Waals surface area contributed by atoms with Gasteiger partial charge >= 0.3 is 5.97 Å². The predicted molar refractivity (Wildman–Crippen MR) is 115 cm³/mol. The van der Waals surface area contributed by atoms with Gasteiger partial charge in [-0.05, 0) is 31.4 Å². The molecule has 156 valence electrons. The van der Waals surface area contributed by atoms with Gasteiger partial charge in [-0.1, -0.05) is 66.7 Å². The summed E-state index contributed by atoms with van der Waals surface area (Å²) in [6, 6.07) is 19.2. The number of aliphatic imine (C=N–C) groups is 1. The molecule has 2 aliphatic rings. The molecule has 3 atom stereocenters. The number of aliphatic hydroxyl groups is 1. The largest absolute Gasteiger partial charge is 0.475 e. The van der Waals surface area contributed by atoms with Gasteiger partial charge in [0.15, 0.2) is 0 Å². The van der Waals surface area contributed by atoms with Gasteiger partial charge in [0, 0.05) is 11.5 Å². The van der Waals surface area contributed by atoms with Crippen molar-refractivity contribution in [2.45, 2.75) is 37.3 Å². The van der Waals surface area contributed by atoms with E-state index in [9.17, 15) is 9.90 Å². The number of hydrogen-bond donors (Lipinski definition) is 1. The smallest absolute Gasteiger partial charge is 0.312 e. The first-order chi connectivity index (χ1) is 14.3. The van der Waals surface area contributed by atoms with Crippen molar-refractivity contribution in [1.82, 2.24) is 0 Å². The molecule has 1 aliphatic carbocycles. The second-order valence-electron chi connectivity index (χ2n) is 8.56. The molecule has 1 heterocycles. The van der Waals surface area contributed by atoms with Crippen LogP contribution in [0.3, 0.4) is 0 Å². The van der Waals surface area contributed by atoms with Crippen LogP contribution in [-0.4, -0.2) is 36.2 Å². The lowest BCUT2D eigenvalue weighted by Crippen LogP contribution is -2.47. The molecule has 0 spiro atoms. The number of esters is 1. The zero-order valence-electron chi connectivity index (χ0n) is 17.5. The van der Waals surface area contributed by atoms with Crippen molar-refractivity contribution in [2.24, 2.45) is 10.9 Å².